The predicted molar refractivity (Wildman–Crippen MR) is 37.4 cm³/mol. The van der Waals surface area contributed by atoms with Crippen LogP contribution in [0.15, 0.2) is 12.5 Å². The van der Waals surface area contributed by atoms with Gasteiger partial charge in [-0.15, -0.1) is 0 Å². The van der Waals surface area contributed by atoms with Crippen molar-refractivity contribution in [2.75, 3.05) is 6.61 Å². The second-order valence-electron chi connectivity index (χ2n) is 2.49. The van der Waals surface area contributed by atoms with E-state index in [4.69, 9.17) is 5.11 Å². The van der Waals surface area contributed by atoms with Crippen molar-refractivity contribution in [3.05, 3.63) is 18.2 Å². The zero-order valence-corrected chi connectivity index (χ0v) is 6.41. The molecule has 0 aromatic carbocycles. The molecule has 0 saturated heterocycles. The van der Waals surface area contributed by atoms with Crippen molar-refractivity contribution in [2.45, 2.75) is 6.42 Å². The van der Waals surface area contributed by atoms with Gasteiger partial charge in [-0.25, -0.2) is 9.13 Å². The molecule has 0 spiro atoms. The molecule has 0 radical (unpaired) electrons. The molecule has 0 amide bonds. The van der Waals surface area contributed by atoms with E-state index < -0.39 is 0 Å². The largest absolute Gasteiger partial charge is 0.396 e. The quantitative estimate of drug-likeness (QED) is 0.547. The second-order valence-corrected chi connectivity index (χ2v) is 2.49. The summed E-state index contributed by atoms with van der Waals surface area (Å²) in [7, 11) is 3.95. The molecule has 1 aromatic rings. The Morgan fingerprint density at radius 2 is 2.40 bits per heavy atom. The zero-order chi connectivity index (χ0) is 7.56. The fourth-order valence-electron chi connectivity index (χ4n) is 1.06. The van der Waals surface area contributed by atoms with Gasteiger partial charge in [0.25, 0.3) is 0 Å². The Hall–Kier alpha value is -0.830. The standard InChI is InChI=1S/C7H13N2O/c1-8-5-7(3-4-10)9(2)6-8/h5-6,10H,3-4H2,1-2H3/q+1. The summed E-state index contributed by atoms with van der Waals surface area (Å²) in [6.07, 6.45) is 4.72. The lowest BCUT2D eigenvalue weighted by atomic mass is 10.3. The summed E-state index contributed by atoms with van der Waals surface area (Å²) in [5, 5.41) is 8.63. The van der Waals surface area contributed by atoms with Crippen molar-refractivity contribution in [3.63, 3.8) is 0 Å². The van der Waals surface area contributed by atoms with Crippen LogP contribution in [0.3, 0.4) is 0 Å². The monoisotopic (exact) mass is 141 g/mol. The average Bonchev–Trinajstić information content (AvgIpc) is 2.13. The molecule has 56 valence electrons. The van der Waals surface area contributed by atoms with E-state index >= 15 is 0 Å². The Kier molecular flexibility index (Phi) is 2.06. The number of aromatic nitrogens is 2. The number of aliphatic hydroxyl groups excluding tert-OH is 1. The highest BCUT2D eigenvalue weighted by atomic mass is 16.3. The highest BCUT2D eigenvalue weighted by Crippen LogP contribution is 1.90. The van der Waals surface area contributed by atoms with Gasteiger partial charge in [-0.2, -0.15) is 0 Å². The second kappa shape index (κ2) is 2.84. The maximum absolute atomic E-state index is 8.63. The van der Waals surface area contributed by atoms with Crippen molar-refractivity contribution in [1.82, 2.24) is 4.57 Å². The Bertz CT molecular complexity index is 217. The predicted octanol–water partition coefficient (Wildman–Crippen LogP) is -0.616. The maximum Gasteiger partial charge on any atom is 0.243 e. The van der Waals surface area contributed by atoms with E-state index in [1.54, 1.807) is 0 Å². The van der Waals surface area contributed by atoms with Crippen LogP contribution in [0, 0.1) is 0 Å². The number of aryl methyl sites for hydroxylation is 2. The van der Waals surface area contributed by atoms with Crippen LogP contribution >= 0.6 is 0 Å². The molecule has 0 bridgehead atoms. The van der Waals surface area contributed by atoms with Gasteiger partial charge >= 0.3 is 0 Å². The summed E-state index contributed by atoms with van der Waals surface area (Å²) in [5.41, 5.74) is 1.16. The molecule has 1 N–H and O–H groups in total. The first-order valence-electron chi connectivity index (χ1n) is 3.35. The maximum atomic E-state index is 8.63. The SMILES string of the molecule is Cn1cc(CCO)[n+](C)c1. The smallest absolute Gasteiger partial charge is 0.243 e. The van der Waals surface area contributed by atoms with Crippen LogP contribution in [0.2, 0.25) is 0 Å². The van der Waals surface area contributed by atoms with Gasteiger partial charge in [0.1, 0.15) is 11.9 Å². The zero-order valence-electron chi connectivity index (χ0n) is 6.41. The van der Waals surface area contributed by atoms with Gasteiger partial charge in [0, 0.05) is 6.42 Å². The Morgan fingerprint density at radius 1 is 1.70 bits per heavy atom. The lowest BCUT2D eigenvalue weighted by Crippen LogP contribution is -2.30. The molecule has 0 fully saturated rings. The van der Waals surface area contributed by atoms with Crippen molar-refractivity contribution < 1.29 is 9.67 Å². The number of hydrogen-bond acceptors (Lipinski definition) is 1. The summed E-state index contributed by atoms with van der Waals surface area (Å²) in [4.78, 5) is 0. The van der Waals surface area contributed by atoms with Crippen LogP contribution in [0.25, 0.3) is 0 Å². The number of rotatable bonds is 2. The van der Waals surface area contributed by atoms with E-state index in [2.05, 4.69) is 0 Å². The third kappa shape index (κ3) is 1.36. The first-order chi connectivity index (χ1) is 4.74. The van der Waals surface area contributed by atoms with E-state index in [9.17, 15) is 0 Å². The summed E-state index contributed by atoms with van der Waals surface area (Å²) in [5.74, 6) is 0. The third-order valence-corrected chi connectivity index (χ3v) is 1.53. The lowest BCUT2D eigenvalue weighted by molar-refractivity contribution is -0.678. The average molecular weight is 141 g/mol. The van der Waals surface area contributed by atoms with E-state index in [1.807, 2.05) is 35.8 Å². The van der Waals surface area contributed by atoms with Crippen LogP contribution in [0.5, 0.6) is 0 Å². The third-order valence-electron chi connectivity index (χ3n) is 1.53. The minimum Gasteiger partial charge on any atom is -0.396 e. The lowest BCUT2D eigenvalue weighted by Gasteiger charge is -1.88. The molecule has 10 heavy (non-hydrogen) atoms. The van der Waals surface area contributed by atoms with Crippen LogP contribution in [0.4, 0.5) is 0 Å². The molecule has 0 atom stereocenters. The molecule has 0 aliphatic carbocycles. The molecule has 1 rings (SSSR count). The van der Waals surface area contributed by atoms with Gasteiger partial charge in [-0.05, 0) is 0 Å². The molecular weight excluding hydrogens is 128 g/mol. The number of imidazole rings is 1. The normalized spacial score (nSPS) is 10.3. The van der Waals surface area contributed by atoms with E-state index in [0.717, 1.165) is 12.1 Å². The van der Waals surface area contributed by atoms with E-state index in [1.165, 1.54) is 0 Å². The van der Waals surface area contributed by atoms with Crippen LogP contribution in [-0.4, -0.2) is 16.3 Å². The van der Waals surface area contributed by atoms with Crippen molar-refractivity contribution in [2.24, 2.45) is 14.1 Å². The molecule has 1 aromatic heterocycles. The van der Waals surface area contributed by atoms with Crippen molar-refractivity contribution in [1.29, 1.82) is 0 Å². The number of nitrogens with zero attached hydrogens (tertiary/aromatic N) is 2. The Morgan fingerprint density at radius 3 is 2.80 bits per heavy atom. The highest BCUT2D eigenvalue weighted by molar-refractivity contribution is 4.87. The van der Waals surface area contributed by atoms with Gasteiger partial charge in [-0.1, -0.05) is 0 Å². The van der Waals surface area contributed by atoms with Gasteiger partial charge in [0.05, 0.1) is 20.7 Å². The fourth-order valence-corrected chi connectivity index (χ4v) is 1.06. The molecule has 3 nitrogen and oxygen atoms in total. The van der Waals surface area contributed by atoms with Crippen LogP contribution in [-0.2, 0) is 20.5 Å². The molecule has 1 heterocycles. The Balaban J connectivity index is 2.81. The summed E-state index contributed by atoms with van der Waals surface area (Å²) >= 11 is 0. The van der Waals surface area contributed by atoms with Crippen LogP contribution < -0.4 is 4.57 Å². The van der Waals surface area contributed by atoms with Gasteiger partial charge in [-0.3, -0.25) is 0 Å². The summed E-state index contributed by atoms with van der Waals surface area (Å²) in [6, 6.07) is 0. The highest BCUT2D eigenvalue weighted by Gasteiger charge is 2.05. The summed E-state index contributed by atoms with van der Waals surface area (Å²) < 4.78 is 3.99. The summed E-state index contributed by atoms with van der Waals surface area (Å²) in [6.45, 7) is 0.220. The molecule has 0 unspecified atom stereocenters. The van der Waals surface area contributed by atoms with Gasteiger partial charge in [0.15, 0.2) is 0 Å². The topological polar surface area (TPSA) is 29.0 Å². The van der Waals surface area contributed by atoms with Crippen molar-refractivity contribution in [3.8, 4) is 0 Å². The molecular formula is C7H13N2O+. The molecule has 0 saturated carbocycles. The van der Waals surface area contributed by atoms with Gasteiger partial charge < -0.3 is 5.11 Å². The van der Waals surface area contributed by atoms with E-state index in [0.29, 0.717) is 0 Å². The van der Waals surface area contributed by atoms with Crippen LogP contribution in [0.1, 0.15) is 5.69 Å². The van der Waals surface area contributed by atoms with Gasteiger partial charge in [0.2, 0.25) is 6.33 Å². The molecule has 0 aliphatic heterocycles. The first-order valence-corrected chi connectivity index (χ1v) is 3.35. The number of hydrogen-bond donors (Lipinski definition) is 1. The molecule has 0 aliphatic rings. The fraction of sp³-hybridized carbons (Fsp3) is 0.571. The number of aliphatic hydroxyl groups is 1. The minimum absolute atomic E-state index is 0.220. The molecule has 3 heteroatoms. The Labute approximate surface area is 60.5 Å². The first kappa shape index (κ1) is 7.28. The van der Waals surface area contributed by atoms with Crippen molar-refractivity contribution >= 4 is 0 Å². The minimum atomic E-state index is 0.220. The van der Waals surface area contributed by atoms with E-state index in [-0.39, 0.29) is 6.61 Å².